The average molecular weight is 434 g/mol. The van der Waals surface area contributed by atoms with Crippen LogP contribution in [0.4, 0.5) is 0 Å². The first-order valence-corrected chi connectivity index (χ1v) is 10.4. The number of ether oxygens (including phenoxy) is 2. The van der Waals surface area contributed by atoms with Crippen molar-refractivity contribution in [3.63, 3.8) is 0 Å². The molecule has 2 N–H and O–H groups in total. The summed E-state index contributed by atoms with van der Waals surface area (Å²) in [5.74, 6) is 0.877. The molecule has 0 saturated heterocycles. The molecule has 7 heteroatoms. The van der Waals surface area contributed by atoms with Crippen LogP contribution in [0.3, 0.4) is 0 Å². The molecule has 166 valence electrons. The molecular weight excluding hydrogens is 408 g/mol. The van der Waals surface area contributed by atoms with Gasteiger partial charge in [-0.3, -0.25) is 9.59 Å². The molecule has 0 bridgehead atoms. The fourth-order valence-electron chi connectivity index (χ4n) is 2.94. The zero-order valence-corrected chi connectivity index (χ0v) is 18.1. The van der Waals surface area contributed by atoms with Crippen LogP contribution in [0.5, 0.6) is 11.5 Å². The summed E-state index contributed by atoms with van der Waals surface area (Å²) >= 11 is 0. The van der Waals surface area contributed by atoms with Crippen molar-refractivity contribution in [2.45, 2.75) is 20.4 Å². The van der Waals surface area contributed by atoms with Crippen LogP contribution in [0, 0.1) is 0 Å². The number of rotatable bonds is 10. The number of hydrogen-bond acceptors (Lipinski definition) is 5. The second kappa shape index (κ2) is 11.4. The quantitative estimate of drug-likeness (QED) is 0.468. The van der Waals surface area contributed by atoms with Gasteiger partial charge in [-0.1, -0.05) is 24.3 Å². The molecule has 0 atom stereocenters. The Morgan fingerprint density at radius 1 is 0.938 bits per heavy atom. The summed E-state index contributed by atoms with van der Waals surface area (Å²) < 4.78 is 16.5. The topological polar surface area (TPSA) is 89.8 Å². The highest BCUT2D eigenvalue weighted by Gasteiger charge is 2.15. The molecule has 0 aliphatic carbocycles. The van der Waals surface area contributed by atoms with Crippen LogP contribution >= 0.6 is 0 Å². The van der Waals surface area contributed by atoms with Crippen molar-refractivity contribution in [2.75, 3.05) is 13.2 Å². The third-order valence-electron chi connectivity index (χ3n) is 4.42. The molecule has 0 radical (unpaired) electrons. The Morgan fingerprint density at radius 3 is 2.38 bits per heavy atom. The average Bonchev–Trinajstić information content (AvgIpc) is 3.32. The maximum Gasteiger partial charge on any atom is 0.268 e. The fourth-order valence-corrected chi connectivity index (χ4v) is 2.94. The zero-order chi connectivity index (χ0) is 22.8. The van der Waals surface area contributed by atoms with E-state index in [4.69, 9.17) is 13.9 Å². The van der Waals surface area contributed by atoms with Crippen molar-refractivity contribution in [1.29, 1.82) is 0 Å². The Kier molecular flexibility index (Phi) is 8.09. The van der Waals surface area contributed by atoms with Crippen molar-refractivity contribution in [1.82, 2.24) is 10.6 Å². The van der Waals surface area contributed by atoms with E-state index in [0.717, 1.165) is 5.56 Å². The van der Waals surface area contributed by atoms with Gasteiger partial charge in [-0.05, 0) is 55.8 Å². The van der Waals surface area contributed by atoms with Crippen LogP contribution in [0.1, 0.15) is 35.5 Å². The predicted octanol–water partition coefficient (Wildman–Crippen LogP) is 4.16. The maximum atomic E-state index is 12.9. The van der Waals surface area contributed by atoms with E-state index in [2.05, 4.69) is 10.6 Å². The summed E-state index contributed by atoms with van der Waals surface area (Å²) in [7, 11) is 0. The number of amides is 2. The first kappa shape index (κ1) is 22.7. The molecule has 0 fully saturated rings. The van der Waals surface area contributed by atoms with Crippen LogP contribution in [0.15, 0.2) is 77.0 Å². The summed E-state index contributed by atoms with van der Waals surface area (Å²) in [6.45, 7) is 5.06. The molecule has 0 aliphatic rings. The van der Waals surface area contributed by atoms with Gasteiger partial charge in [0.2, 0.25) is 0 Å². The van der Waals surface area contributed by atoms with E-state index in [1.165, 1.54) is 12.3 Å². The van der Waals surface area contributed by atoms with Gasteiger partial charge in [-0.25, -0.2) is 0 Å². The van der Waals surface area contributed by atoms with Gasteiger partial charge in [-0.15, -0.1) is 0 Å². The van der Waals surface area contributed by atoms with Gasteiger partial charge in [0.25, 0.3) is 11.8 Å². The van der Waals surface area contributed by atoms with E-state index in [1.807, 2.05) is 38.1 Å². The molecule has 0 unspecified atom stereocenters. The summed E-state index contributed by atoms with van der Waals surface area (Å²) in [4.78, 5) is 25.5. The number of carbonyl (C=O) groups excluding carboxylic acids is 2. The van der Waals surface area contributed by atoms with Crippen molar-refractivity contribution in [2.24, 2.45) is 0 Å². The van der Waals surface area contributed by atoms with E-state index in [1.54, 1.807) is 36.4 Å². The number of benzene rings is 2. The van der Waals surface area contributed by atoms with Gasteiger partial charge in [0.15, 0.2) is 11.5 Å². The second-order valence-corrected chi connectivity index (χ2v) is 6.72. The van der Waals surface area contributed by atoms with Crippen molar-refractivity contribution >= 4 is 17.9 Å². The zero-order valence-electron chi connectivity index (χ0n) is 18.1. The molecule has 0 aliphatic heterocycles. The van der Waals surface area contributed by atoms with Gasteiger partial charge in [0, 0.05) is 18.2 Å². The highest BCUT2D eigenvalue weighted by atomic mass is 16.5. The molecule has 32 heavy (non-hydrogen) atoms. The second-order valence-electron chi connectivity index (χ2n) is 6.72. The number of nitrogens with one attached hydrogen (secondary N) is 2. The minimum absolute atomic E-state index is 0.0739. The van der Waals surface area contributed by atoms with Gasteiger partial charge in [-0.2, -0.15) is 0 Å². The SMILES string of the molecule is CCOc1ccc(CNC(=O)/C(=C/c2ccco2)NC(=O)c2ccccc2)cc1OCC. The standard InChI is InChI=1S/C25H26N2O5/c1-3-30-22-13-12-18(15-23(22)31-4-2)17-26-25(29)21(16-20-11-8-14-32-20)27-24(28)19-9-6-5-7-10-19/h5-16H,3-4,17H2,1-2H3,(H,26,29)(H,27,28)/b21-16-. The lowest BCUT2D eigenvalue weighted by Crippen LogP contribution is -2.34. The Bertz CT molecular complexity index is 1060. The van der Waals surface area contributed by atoms with Crippen LogP contribution in [0.2, 0.25) is 0 Å². The van der Waals surface area contributed by atoms with Crippen LogP contribution in [0.25, 0.3) is 6.08 Å². The van der Waals surface area contributed by atoms with Crippen LogP contribution in [-0.4, -0.2) is 25.0 Å². The molecule has 0 spiro atoms. The minimum atomic E-state index is -0.447. The lowest BCUT2D eigenvalue weighted by Gasteiger charge is -2.14. The summed E-state index contributed by atoms with van der Waals surface area (Å²) in [6, 6.07) is 17.6. The molecule has 3 rings (SSSR count). The molecule has 3 aromatic rings. The predicted molar refractivity (Wildman–Crippen MR) is 121 cm³/mol. The molecule has 2 amide bonds. The van der Waals surface area contributed by atoms with Crippen LogP contribution < -0.4 is 20.1 Å². The monoisotopic (exact) mass is 434 g/mol. The minimum Gasteiger partial charge on any atom is -0.490 e. The van der Waals surface area contributed by atoms with E-state index in [-0.39, 0.29) is 12.2 Å². The summed E-state index contributed by atoms with van der Waals surface area (Å²) in [5, 5.41) is 5.50. The van der Waals surface area contributed by atoms with Crippen molar-refractivity contribution in [3.05, 3.63) is 89.5 Å². The molecule has 1 heterocycles. The first-order chi connectivity index (χ1) is 15.6. The normalized spacial score (nSPS) is 11.0. The Labute approximate surface area is 187 Å². The van der Waals surface area contributed by atoms with E-state index in [0.29, 0.717) is 36.0 Å². The van der Waals surface area contributed by atoms with Crippen molar-refractivity contribution in [3.8, 4) is 11.5 Å². The van der Waals surface area contributed by atoms with Crippen LogP contribution in [-0.2, 0) is 11.3 Å². The number of hydrogen-bond donors (Lipinski definition) is 2. The molecule has 2 aromatic carbocycles. The fraction of sp³-hybridized carbons (Fsp3) is 0.200. The highest BCUT2D eigenvalue weighted by Crippen LogP contribution is 2.28. The van der Waals surface area contributed by atoms with Crippen molar-refractivity contribution < 1.29 is 23.5 Å². The first-order valence-electron chi connectivity index (χ1n) is 10.4. The molecule has 1 aromatic heterocycles. The Balaban J connectivity index is 1.74. The van der Waals surface area contributed by atoms with E-state index in [9.17, 15) is 9.59 Å². The van der Waals surface area contributed by atoms with Gasteiger partial charge >= 0.3 is 0 Å². The number of furan rings is 1. The molecule has 0 saturated carbocycles. The summed E-state index contributed by atoms with van der Waals surface area (Å²) in [6.07, 6.45) is 2.98. The summed E-state index contributed by atoms with van der Waals surface area (Å²) in [5.41, 5.74) is 1.35. The lowest BCUT2D eigenvalue weighted by atomic mass is 10.2. The van der Waals surface area contributed by atoms with Gasteiger partial charge < -0.3 is 24.5 Å². The maximum absolute atomic E-state index is 12.9. The Morgan fingerprint density at radius 2 is 1.69 bits per heavy atom. The largest absolute Gasteiger partial charge is 0.490 e. The molecular formula is C25H26N2O5. The third-order valence-corrected chi connectivity index (χ3v) is 4.42. The molecule has 7 nitrogen and oxygen atoms in total. The Hall–Kier alpha value is -4.00. The number of carbonyl (C=O) groups is 2. The smallest absolute Gasteiger partial charge is 0.268 e. The van der Waals surface area contributed by atoms with Gasteiger partial charge in [0.05, 0.1) is 19.5 Å². The lowest BCUT2D eigenvalue weighted by molar-refractivity contribution is -0.117. The van der Waals surface area contributed by atoms with E-state index >= 15 is 0 Å². The van der Waals surface area contributed by atoms with Gasteiger partial charge in [0.1, 0.15) is 11.5 Å². The highest BCUT2D eigenvalue weighted by molar-refractivity contribution is 6.05. The van der Waals surface area contributed by atoms with E-state index < -0.39 is 11.8 Å². The third kappa shape index (κ3) is 6.25.